The summed E-state index contributed by atoms with van der Waals surface area (Å²) >= 11 is 3.52. The molecule has 21 heavy (non-hydrogen) atoms. The Hall–Kier alpha value is -0.400. The highest BCUT2D eigenvalue weighted by atomic mass is 79.9. The molecule has 1 aliphatic carbocycles. The highest BCUT2D eigenvalue weighted by molar-refractivity contribution is 9.09. The van der Waals surface area contributed by atoms with Gasteiger partial charge in [0.25, 0.3) is 10.0 Å². The maximum absolute atomic E-state index is 12.4. The molecule has 1 N–H and O–H groups in total. The van der Waals surface area contributed by atoms with Crippen LogP contribution in [0.3, 0.4) is 0 Å². The summed E-state index contributed by atoms with van der Waals surface area (Å²) in [6, 6.07) is 0. The molecule has 1 aromatic rings. The molecule has 2 unspecified atom stereocenters. The Balaban J connectivity index is 2.03. The van der Waals surface area contributed by atoms with Crippen LogP contribution in [0.4, 0.5) is 0 Å². The minimum absolute atomic E-state index is 0.141. The fourth-order valence-corrected chi connectivity index (χ4v) is 4.90. The van der Waals surface area contributed by atoms with Crippen molar-refractivity contribution in [2.75, 3.05) is 11.9 Å². The molecule has 1 aromatic heterocycles. The lowest BCUT2D eigenvalue weighted by molar-refractivity contribution is 0.422. The van der Waals surface area contributed by atoms with E-state index in [2.05, 4.69) is 32.6 Å². The number of aryl methyl sites for hydroxylation is 2. The van der Waals surface area contributed by atoms with Gasteiger partial charge >= 0.3 is 0 Å². The monoisotopic (exact) mass is 377 g/mol. The van der Waals surface area contributed by atoms with Gasteiger partial charge in [-0.3, -0.25) is 0 Å². The van der Waals surface area contributed by atoms with Crippen molar-refractivity contribution in [1.82, 2.24) is 14.3 Å². The summed E-state index contributed by atoms with van der Waals surface area (Å²) < 4.78 is 29.3. The normalized spacial score (nSPS) is 22.8. The number of hydrogen-bond donors (Lipinski definition) is 1. The third-order valence-electron chi connectivity index (χ3n) is 4.24. The van der Waals surface area contributed by atoms with Crippen molar-refractivity contribution in [3.8, 4) is 0 Å². The molecule has 1 aliphatic rings. The second kappa shape index (κ2) is 7.24. The second-order valence-electron chi connectivity index (χ2n) is 5.78. The van der Waals surface area contributed by atoms with E-state index >= 15 is 0 Å². The van der Waals surface area contributed by atoms with Gasteiger partial charge in [-0.2, -0.15) is 0 Å². The molecule has 0 aromatic carbocycles. The summed E-state index contributed by atoms with van der Waals surface area (Å²) in [5, 5.41) is 1.09. The zero-order valence-electron chi connectivity index (χ0n) is 12.7. The van der Waals surface area contributed by atoms with Crippen LogP contribution in [0.15, 0.2) is 11.2 Å². The van der Waals surface area contributed by atoms with Crippen LogP contribution in [-0.2, 0) is 16.6 Å². The zero-order valence-corrected chi connectivity index (χ0v) is 15.1. The predicted molar refractivity (Wildman–Crippen MR) is 87.1 cm³/mol. The van der Waals surface area contributed by atoms with E-state index in [1.807, 2.05) is 11.5 Å². The van der Waals surface area contributed by atoms with Crippen molar-refractivity contribution in [1.29, 1.82) is 0 Å². The number of sulfonamides is 1. The summed E-state index contributed by atoms with van der Waals surface area (Å²) in [6.45, 7) is 5.21. The predicted octanol–water partition coefficient (Wildman–Crippen LogP) is 2.69. The molecule has 0 aliphatic heterocycles. The molecule has 2 rings (SSSR count). The van der Waals surface area contributed by atoms with Gasteiger partial charge in [0.05, 0.1) is 0 Å². The lowest BCUT2D eigenvalue weighted by Crippen LogP contribution is -2.31. The molecular formula is C14H24BrN3O2S. The van der Waals surface area contributed by atoms with Crippen LogP contribution in [-0.4, -0.2) is 29.8 Å². The standard InChI is InChI=1S/C14H24BrN3O2S/c1-3-7-18-10-14(17-11(18)2)21(19,20)16-9-13-6-4-5-12(13)8-15/h10,12-13,16H,3-9H2,1-2H3. The van der Waals surface area contributed by atoms with Gasteiger partial charge in [0.15, 0.2) is 5.03 Å². The van der Waals surface area contributed by atoms with Crippen LogP contribution in [0.5, 0.6) is 0 Å². The fourth-order valence-electron chi connectivity index (χ4n) is 2.95. The molecule has 0 radical (unpaired) electrons. The maximum atomic E-state index is 12.4. The van der Waals surface area contributed by atoms with E-state index in [1.54, 1.807) is 6.20 Å². The van der Waals surface area contributed by atoms with Gasteiger partial charge in [-0.05, 0) is 38.0 Å². The number of imidazole rings is 1. The molecule has 0 bridgehead atoms. The third kappa shape index (κ3) is 4.07. The molecule has 5 nitrogen and oxygen atoms in total. The number of halogens is 1. The number of nitrogens with one attached hydrogen (secondary N) is 1. The van der Waals surface area contributed by atoms with Crippen molar-refractivity contribution in [2.45, 2.75) is 51.1 Å². The van der Waals surface area contributed by atoms with Crippen molar-refractivity contribution < 1.29 is 8.42 Å². The smallest absolute Gasteiger partial charge is 0.259 e. The molecular weight excluding hydrogens is 354 g/mol. The lowest BCUT2D eigenvalue weighted by Gasteiger charge is -2.17. The minimum atomic E-state index is -3.50. The van der Waals surface area contributed by atoms with Gasteiger partial charge in [0.2, 0.25) is 0 Å². The quantitative estimate of drug-likeness (QED) is 0.742. The highest BCUT2D eigenvalue weighted by Gasteiger charge is 2.28. The van der Waals surface area contributed by atoms with Gasteiger partial charge in [0, 0.05) is 24.6 Å². The molecule has 1 heterocycles. The first-order valence-electron chi connectivity index (χ1n) is 7.57. The first-order valence-corrected chi connectivity index (χ1v) is 10.2. The van der Waals surface area contributed by atoms with E-state index < -0.39 is 10.0 Å². The first kappa shape index (κ1) is 17.0. The summed E-state index contributed by atoms with van der Waals surface area (Å²) in [5.41, 5.74) is 0. The minimum Gasteiger partial charge on any atom is -0.334 e. The molecule has 2 atom stereocenters. The van der Waals surface area contributed by atoms with Crippen LogP contribution >= 0.6 is 15.9 Å². The third-order valence-corrected chi connectivity index (χ3v) is 6.37. The molecule has 0 spiro atoms. The topological polar surface area (TPSA) is 64.0 Å². The molecule has 120 valence electrons. The number of aromatic nitrogens is 2. The fraction of sp³-hybridized carbons (Fsp3) is 0.786. The molecule has 7 heteroatoms. The van der Waals surface area contributed by atoms with Gasteiger partial charge in [-0.15, -0.1) is 0 Å². The average molecular weight is 378 g/mol. The van der Waals surface area contributed by atoms with Crippen LogP contribution < -0.4 is 4.72 Å². The van der Waals surface area contributed by atoms with E-state index in [0.717, 1.165) is 30.5 Å². The number of hydrogen-bond acceptors (Lipinski definition) is 3. The Morgan fingerprint density at radius 2 is 2.14 bits per heavy atom. The summed E-state index contributed by atoms with van der Waals surface area (Å²) in [4.78, 5) is 4.19. The summed E-state index contributed by atoms with van der Waals surface area (Å²) in [6.07, 6.45) is 6.06. The number of rotatable bonds is 7. The van der Waals surface area contributed by atoms with Crippen LogP contribution in [0.2, 0.25) is 0 Å². The van der Waals surface area contributed by atoms with Gasteiger partial charge in [0.1, 0.15) is 5.82 Å². The van der Waals surface area contributed by atoms with Crippen LogP contribution in [0.1, 0.15) is 38.4 Å². The maximum Gasteiger partial charge on any atom is 0.259 e. The first-order chi connectivity index (χ1) is 9.97. The van der Waals surface area contributed by atoms with Crippen LogP contribution in [0, 0.1) is 18.8 Å². The van der Waals surface area contributed by atoms with Gasteiger partial charge in [-0.25, -0.2) is 18.1 Å². The van der Waals surface area contributed by atoms with Crippen molar-refractivity contribution in [3.05, 3.63) is 12.0 Å². The summed E-state index contributed by atoms with van der Waals surface area (Å²) in [5.74, 6) is 1.75. The SMILES string of the molecule is CCCn1cc(S(=O)(=O)NCC2CCCC2CBr)nc1C. The van der Waals surface area contributed by atoms with E-state index in [-0.39, 0.29) is 5.03 Å². The Morgan fingerprint density at radius 1 is 1.43 bits per heavy atom. The lowest BCUT2D eigenvalue weighted by atomic mass is 9.99. The largest absolute Gasteiger partial charge is 0.334 e. The Bertz CT molecular complexity index is 571. The zero-order chi connectivity index (χ0) is 15.5. The van der Waals surface area contributed by atoms with E-state index in [4.69, 9.17) is 0 Å². The molecule has 1 fully saturated rings. The molecule has 0 amide bonds. The Morgan fingerprint density at radius 3 is 2.81 bits per heavy atom. The second-order valence-corrected chi connectivity index (χ2v) is 8.14. The average Bonchev–Trinajstić information content (AvgIpc) is 3.04. The molecule has 0 saturated heterocycles. The Labute approximate surface area is 135 Å². The highest BCUT2D eigenvalue weighted by Crippen LogP contribution is 2.32. The van der Waals surface area contributed by atoms with E-state index in [9.17, 15) is 8.42 Å². The van der Waals surface area contributed by atoms with Gasteiger partial charge < -0.3 is 4.57 Å². The molecule has 1 saturated carbocycles. The number of nitrogens with zero attached hydrogens (tertiary/aromatic N) is 2. The summed E-state index contributed by atoms with van der Waals surface area (Å²) in [7, 11) is -3.50. The number of alkyl halides is 1. The van der Waals surface area contributed by atoms with Crippen molar-refractivity contribution in [2.24, 2.45) is 11.8 Å². The van der Waals surface area contributed by atoms with E-state index in [0.29, 0.717) is 18.4 Å². The Kier molecular flexibility index (Phi) is 5.85. The van der Waals surface area contributed by atoms with Gasteiger partial charge in [-0.1, -0.05) is 29.3 Å². The van der Waals surface area contributed by atoms with Crippen molar-refractivity contribution >= 4 is 26.0 Å². The van der Waals surface area contributed by atoms with Crippen LogP contribution in [0.25, 0.3) is 0 Å². The van der Waals surface area contributed by atoms with Crippen molar-refractivity contribution in [3.63, 3.8) is 0 Å². The van der Waals surface area contributed by atoms with E-state index in [1.165, 1.54) is 12.8 Å².